The van der Waals surface area contributed by atoms with Crippen molar-refractivity contribution in [2.24, 2.45) is 5.10 Å². The van der Waals surface area contributed by atoms with Crippen molar-refractivity contribution in [2.75, 3.05) is 7.11 Å². The summed E-state index contributed by atoms with van der Waals surface area (Å²) in [4.78, 5) is 18.1. The Morgan fingerprint density at radius 3 is 2.56 bits per heavy atom. The van der Waals surface area contributed by atoms with Crippen molar-refractivity contribution in [3.8, 4) is 11.5 Å². The first kappa shape index (κ1) is 27.6. The van der Waals surface area contributed by atoms with Gasteiger partial charge in [0, 0.05) is 20.9 Å². The van der Waals surface area contributed by atoms with E-state index in [9.17, 15) is 4.79 Å². The van der Waals surface area contributed by atoms with E-state index in [2.05, 4.69) is 77.2 Å². The Balaban J connectivity index is 1.51. The van der Waals surface area contributed by atoms with Crippen LogP contribution in [0, 0.1) is 0 Å². The first-order chi connectivity index (χ1) is 18.9. The van der Waals surface area contributed by atoms with Gasteiger partial charge in [0.25, 0.3) is 5.56 Å². The lowest BCUT2D eigenvalue weighted by molar-refractivity contribution is 0.283. The van der Waals surface area contributed by atoms with Crippen LogP contribution in [-0.4, -0.2) is 23.0 Å². The monoisotopic (exact) mass is 711 g/mol. The van der Waals surface area contributed by atoms with Crippen LogP contribution in [-0.2, 0) is 13.0 Å². The molecule has 0 radical (unpaired) electrons. The van der Waals surface area contributed by atoms with Gasteiger partial charge in [-0.2, -0.15) is 9.78 Å². The van der Waals surface area contributed by atoms with Crippen molar-refractivity contribution in [3.05, 3.63) is 107 Å². The molecule has 39 heavy (non-hydrogen) atoms. The van der Waals surface area contributed by atoms with Crippen molar-refractivity contribution in [1.82, 2.24) is 9.66 Å². The van der Waals surface area contributed by atoms with Gasteiger partial charge in [0.2, 0.25) is 0 Å². The molecule has 0 N–H and O–H groups in total. The van der Waals surface area contributed by atoms with Crippen LogP contribution < -0.4 is 15.0 Å². The number of ether oxygens (including phenoxy) is 2. The Hall–Kier alpha value is -3.01. The molecule has 0 spiro atoms. The fourth-order valence-corrected chi connectivity index (χ4v) is 5.67. The summed E-state index contributed by atoms with van der Waals surface area (Å²) < 4.78 is 15.5. The quantitative estimate of drug-likeness (QED) is 0.152. The van der Waals surface area contributed by atoms with E-state index >= 15 is 0 Å². The lowest BCUT2D eigenvalue weighted by Crippen LogP contribution is -2.22. The molecule has 5 aromatic rings. The van der Waals surface area contributed by atoms with E-state index < -0.39 is 0 Å². The summed E-state index contributed by atoms with van der Waals surface area (Å²) in [6.07, 6.45) is 3.07. The van der Waals surface area contributed by atoms with Crippen LogP contribution in [0.4, 0.5) is 0 Å². The van der Waals surface area contributed by atoms with Crippen LogP contribution in [0.15, 0.2) is 90.0 Å². The van der Waals surface area contributed by atoms with E-state index in [0.29, 0.717) is 51.3 Å². The molecular weight excluding hydrogens is 690 g/mol. The second-order valence-corrected chi connectivity index (χ2v) is 11.4. The molecule has 0 aliphatic carbocycles. The number of benzene rings is 4. The third-order valence-corrected chi connectivity index (χ3v) is 8.93. The molecule has 5 rings (SSSR count). The minimum atomic E-state index is -0.224. The van der Waals surface area contributed by atoms with E-state index in [1.54, 1.807) is 19.4 Å². The highest BCUT2D eigenvalue weighted by Crippen LogP contribution is 2.43. The number of aryl methyl sites for hydroxylation is 1. The number of rotatable bonds is 8. The molecule has 0 atom stereocenters. The summed E-state index contributed by atoms with van der Waals surface area (Å²) in [5, 5.41) is 7.36. The van der Waals surface area contributed by atoms with Gasteiger partial charge >= 0.3 is 0 Å². The highest BCUT2D eigenvalue weighted by Gasteiger charge is 2.18. The minimum absolute atomic E-state index is 0.224. The van der Waals surface area contributed by atoms with Crippen molar-refractivity contribution in [1.29, 1.82) is 0 Å². The second kappa shape index (κ2) is 12.0. The van der Waals surface area contributed by atoms with Crippen LogP contribution in [0.3, 0.4) is 0 Å². The average molecular weight is 714 g/mol. The zero-order valence-electron chi connectivity index (χ0n) is 21.2. The van der Waals surface area contributed by atoms with E-state index in [4.69, 9.17) is 14.5 Å². The zero-order chi connectivity index (χ0) is 27.5. The Morgan fingerprint density at radius 1 is 0.974 bits per heavy atom. The molecule has 9 heteroatoms. The van der Waals surface area contributed by atoms with Gasteiger partial charge in [0.05, 0.1) is 28.7 Å². The molecule has 0 saturated carbocycles. The number of hydrogen-bond donors (Lipinski definition) is 0. The highest BCUT2D eigenvalue weighted by molar-refractivity contribution is 9.13. The summed E-state index contributed by atoms with van der Waals surface area (Å²) >= 11 is 10.8. The highest BCUT2D eigenvalue weighted by atomic mass is 79.9. The van der Waals surface area contributed by atoms with E-state index in [0.717, 1.165) is 31.7 Å². The van der Waals surface area contributed by atoms with Gasteiger partial charge in [0.1, 0.15) is 12.4 Å². The predicted octanol–water partition coefficient (Wildman–Crippen LogP) is 8.26. The molecule has 6 nitrogen and oxygen atoms in total. The maximum Gasteiger partial charge on any atom is 0.282 e. The summed E-state index contributed by atoms with van der Waals surface area (Å²) in [5.41, 5.74) is 2.21. The topological polar surface area (TPSA) is 65.7 Å². The Morgan fingerprint density at radius 2 is 1.77 bits per heavy atom. The van der Waals surface area contributed by atoms with Crippen LogP contribution in [0.2, 0.25) is 0 Å². The van der Waals surface area contributed by atoms with Gasteiger partial charge in [0.15, 0.2) is 11.5 Å². The fourth-order valence-electron chi connectivity index (χ4n) is 4.37. The molecule has 0 aliphatic heterocycles. The molecule has 0 aliphatic rings. The summed E-state index contributed by atoms with van der Waals surface area (Å²) in [7, 11) is 1.59. The van der Waals surface area contributed by atoms with Gasteiger partial charge in [-0.05, 0) is 78.9 Å². The lowest BCUT2D eigenvalue weighted by atomic mass is 10.1. The first-order valence-electron chi connectivity index (χ1n) is 12.3. The number of aromatic nitrogens is 2. The molecule has 198 valence electrons. The van der Waals surface area contributed by atoms with Crippen LogP contribution in [0.5, 0.6) is 11.5 Å². The maximum atomic E-state index is 13.4. The van der Waals surface area contributed by atoms with E-state index in [-0.39, 0.29) is 5.56 Å². The summed E-state index contributed by atoms with van der Waals surface area (Å²) in [6.45, 7) is 2.41. The first-order valence-corrected chi connectivity index (χ1v) is 14.7. The van der Waals surface area contributed by atoms with Crippen molar-refractivity contribution >= 4 is 75.7 Å². The number of nitrogens with zero attached hydrogens (tertiary/aromatic N) is 3. The van der Waals surface area contributed by atoms with E-state index in [1.165, 1.54) is 4.68 Å². The summed E-state index contributed by atoms with van der Waals surface area (Å²) in [5.74, 6) is 1.70. The fraction of sp³-hybridized carbons (Fsp3) is 0.167. The van der Waals surface area contributed by atoms with Crippen molar-refractivity contribution < 1.29 is 9.47 Å². The maximum absolute atomic E-state index is 13.4. The third-order valence-electron chi connectivity index (χ3n) is 6.29. The average Bonchev–Trinajstić information content (AvgIpc) is 2.95. The molecule has 0 fully saturated rings. The number of halogens is 3. The molecule has 0 unspecified atom stereocenters. The van der Waals surface area contributed by atoms with Gasteiger partial charge in [-0.1, -0.05) is 65.3 Å². The standard InChI is InChI=1S/C30H24Br3N3O3/c1-3-7-26-35-24-13-12-21(31)15-23(24)30(37)36(26)34-16-20-14-25(38-2)29(28(33)27(20)32)39-17-19-10-6-9-18-8-4-5-11-22(18)19/h4-6,8-16H,3,7,17H2,1-2H3. The van der Waals surface area contributed by atoms with Crippen LogP contribution >= 0.6 is 47.8 Å². The Bertz CT molecular complexity index is 1780. The molecular formula is C30H24Br3N3O3. The van der Waals surface area contributed by atoms with Gasteiger partial charge < -0.3 is 9.47 Å². The predicted molar refractivity (Wildman–Crippen MR) is 167 cm³/mol. The molecule has 4 aromatic carbocycles. The number of fused-ring (bicyclic) bond motifs is 2. The molecule has 0 bridgehead atoms. The second-order valence-electron chi connectivity index (χ2n) is 8.85. The molecule has 1 heterocycles. The normalized spacial score (nSPS) is 11.5. The Labute approximate surface area is 251 Å². The van der Waals surface area contributed by atoms with Crippen molar-refractivity contribution in [2.45, 2.75) is 26.4 Å². The van der Waals surface area contributed by atoms with Crippen LogP contribution in [0.1, 0.15) is 30.3 Å². The van der Waals surface area contributed by atoms with Gasteiger partial charge in [-0.25, -0.2) is 4.98 Å². The van der Waals surface area contributed by atoms with Crippen LogP contribution in [0.25, 0.3) is 21.7 Å². The number of hydrogen-bond acceptors (Lipinski definition) is 5. The largest absolute Gasteiger partial charge is 0.493 e. The Kier molecular flexibility index (Phi) is 8.49. The molecule has 1 aromatic heterocycles. The molecule has 0 saturated heterocycles. The van der Waals surface area contributed by atoms with Gasteiger partial charge in [-0.15, -0.1) is 0 Å². The van der Waals surface area contributed by atoms with Crippen molar-refractivity contribution in [3.63, 3.8) is 0 Å². The zero-order valence-corrected chi connectivity index (χ0v) is 26.0. The number of methoxy groups -OCH3 is 1. The SMILES string of the molecule is CCCc1nc2ccc(Br)cc2c(=O)n1N=Cc1cc(OC)c(OCc2cccc3ccccc23)c(Br)c1Br. The van der Waals surface area contributed by atoms with Gasteiger partial charge in [-0.3, -0.25) is 4.79 Å². The summed E-state index contributed by atoms with van der Waals surface area (Å²) in [6, 6.07) is 21.7. The van der Waals surface area contributed by atoms with E-state index in [1.807, 2.05) is 43.3 Å². The third kappa shape index (κ3) is 5.66. The lowest BCUT2D eigenvalue weighted by Gasteiger charge is -2.16. The smallest absolute Gasteiger partial charge is 0.282 e. The molecule has 0 amide bonds. The minimum Gasteiger partial charge on any atom is -0.493 e.